The number of benzene rings is 1. The van der Waals surface area contributed by atoms with Gasteiger partial charge in [0.1, 0.15) is 23.9 Å². The highest BCUT2D eigenvalue weighted by atomic mass is 32.2. The normalized spacial score (nSPS) is 13.6. The van der Waals surface area contributed by atoms with Gasteiger partial charge < -0.3 is 31.9 Å². The van der Waals surface area contributed by atoms with Gasteiger partial charge in [-0.3, -0.25) is 14.4 Å². The number of thioether (sulfide) groups is 1. The van der Waals surface area contributed by atoms with Gasteiger partial charge >= 0.3 is 5.97 Å². The van der Waals surface area contributed by atoms with Crippen LogP contribution >= 0.6 is 11.8 Å². The average Bonchev–Trinajstić information content (AvgIpc) is 2.76. The van der Waals surface area contributed by atoms with Crippen molar-refractivity contribution in [1.29, 1.82) is 0 Å². The second-order valence-electron chi connectivity index (χ2n) is 8.07. The van der Waals surface area contributed by atoms with Crippen LogP contribution in [0.3, 0.4) is 0 Å². The van der Waals surface area contributed by atoms with Crippen LogP contribution in [0.2, 0.25) is 0 Å². The monoisotopic (exact) mass is 482 g/mol. The standard InChI is InChI=1S/C22H34N4O6S/c1-13(2)10-17(24-19(28)12-23)21(30)25-16(8-9-33-3)20(29)26-18(22(31)32)11-14-4-6-15(27)7-5-14/h4-7,13,16-18,27H,8-12,23H2,1-3H3,(H,24,28)(H,25,30)(H,26,29)(H,31,32). The first-order valence-electron chi connectivity index (χ1n) is 10.7. The quantitative estimate of drug-likeness (QED) is 0.219. The maximum absolute atomic E-state index is 12.9. The number of nitrogens with two attached hydrogens (primary N) is 1. The Balaban J connectivity index is 2.95. The molecule has 7 N–H and O–H groups in total. The van der Waals surface area contributed by atoms with Gasteiger partial charge in [0, 0.05) is 6.42 Å². The van der Waals surface area contributed by atoms with Crippen molar-refractivity contribution in [3.63, 3.8) is 0 Å². The maximum Gasteiger partial charge on any atom is 0.326 e. The molecule has 3 atom stereocenters. The first-order chi connectivity index (χ1) is 15.6. The number of carboxylic acids is 1. The number of phenolic OH excluding ortho intramolecular Hbond substituents is 1. The third kappa shape index (κ3) is 10.6. The molecule has 11 heteroatoms. The molecule has 3 unspecified atom stereocenters. The summed E-state index contributed by atoms with van der Waals surface area (Å²) in [5.41, 5.74) is 5.96. The van der Waals surface area contributed by atoms with Crippen LogP contribution in [0.4, 0.5) is 0 Å². The van der Waals surface area contributed by atoms with Gasteiger partial charge in [0.05, 0.1) is 6.54 Å². The van der Waals surface area contributed by atoms with Crippen molar-refractivity contribution in [3.05, 3.63) is 29.8 Å². The Morgan fingerprint density at radius 1 is 0.970 bits per heavy atom. The average molecular weight is 483 g/mol. The van der Waals surface area contributed by atoms with Gasteiger partial charge in [-0.15, -0.1) is 0 Å². The highest BCUT2D eigenvalue weighted by molar-refractivity contribution is 7.98. The van der Waals surface area contributed by atoms with Gasteiger partial charge in [-0.25, -0.2) is 4.79 Å². The molecule has 0 bridgehead atoms. The summed E-state index contributed by atoms with van der Waals surface area (Å²) in [7, 11) is 0. The van der Waals surface area contributed by atoms with Crippen molar-refractivity contribution in [2.45, 2.75) is 51.2 Å². The second-order valence-corrected chi connectivity index (χ2v) is 9.05. The molecule has 0 aliphatic rings. The lowest BCUT2D eigenvalue weighted by Gasteiger charge is -2.25. The Kier molecular flexibility index (Phi) is 12.3. The minimum atomic E-state index is -1.22. The van der Waals surface area contributed by atoms with Crippen LogP contribution in [-0.2, 0) is 25.6 Å². The smallest absolute Gasteiger partial charge is 0.326 e. The van der Waals surface area contributed by atoms with Crippen LogP contribution in [-0.4, -0.2) is 70.6 Å². The lowest BCUT2D eigenvalue weighted by molar-refractivity contribution is -0.142. The van der Waals surface area contributed by atoms with E-state index in [0.717, 1.165) is 0 Å². The summed E-state index contributed by atoms with van der Waals surface area (Å²) in [6.07, 6.45) is 2.49. The molecule has 10 nitrogen and oxygen atoms in total. The Morgan fingerprint density at radius 2 is 1.55 bits per heavy atom. The predicted octanol–water partition coefficient (Wildman–Crippen LogP) is 0.232. The summed E-state index contributed by atoms with van der Waals surface area (Å²) in [5.74, 6) is -2.17. The Bertz CT molecular complexity index is 803. The summed E-state index contributed by atoms with van der Waals surface area (Å²) in [4.78, 5) is 49.2. The number of aliphatic carboxylic acids is 1. The van der Waals surface area contributed by atoms with Crippen molar-refractivity contribution >= 4 is 35.5 Å². The fourth-order valence-corrected chi connectivity index (χ4v) is 3.54. The molecule has 0 heterocycles. The molecule has 0 radical (unpaired) electrons. The Morgan fingerprint density at radius 3 is 2.06 bits per heavy atom. The molecular weight excluding hydrogens is 448 g/mol. The van der Waals surface area contributed by atoms with E-state index >= 15 is 0 Å². The molecular formula is C22H34N4O6S. The molecule has 0 saturated carbocycles. The van der Waals surface area contributed by atoms with Crippen LogP contribution in [0.1, 0.15) is 32.3 Å². The number of carboxylic acid groups (broad SMARTS) is 1. The van der Waals surface area contributed by atoms with E-state index < -0.39 is 41.8 Å². The summed E-state index contributed by atoms with van der Waals surface area (Å²) in [5, 5.41) is 26.7. The largest absolute Gasteiger partial charge is 0.508 e. The zero-order valence-electron chi connectivity index (χ0n) is 19.2. The summed E-state index contributed by atoms with van der Waals surface area (Å²) >= 11 is 1.48. The van der Waals surface area contributed by atoms with Crippen LogP contribution in [0, 0.1) is 5.92 Å². The van der Waals surface area contributed by atoms with E-state index in [2.05, 4.69) is 16.0 Å². The van der Waals surface area contributed by atoms with Crippen LogP contribution in [0.5, 0.6) is 5.75 Å². The number of carbonyl (C=O) groups excluding carboxylic acids is 3. The number of rotatable bonds is 14. The number of phenols is 1. The zero-order chi connectivity index (χ0) is 25.0. The Hall–Kier alpha value is -2.79. The van der Waals surface area contributed by atoms with E-state index in [1.807, 2.05) is 20.1 Å². The van der Waals surface area contributed by atoms with Crippen molar-refractivity contribution in [2.24, 2.45) is 11.7 Å². The molecule has 184 valence electrons. The predicted molar refractivity (Wildman–Crippen MR) is 127 cm³/mol. The molecule has 0 saturated heterocycles. The van der Waals surface area contributed by atoms with E-state index in [0.29, 0.717) is 17.7 Å². The minimum absolute atomic E-state index is 0.00702. The highest BCUT2D eigenvalue weighted by Gasteiger charge is 2.29. The molecule has 1 aromatic carbocycles. The third-order valence-corrected chi connectivity index (χ3v) is 5.42. The first-order valence-corrected chi connectivity index (χ1v) is 12.1. The molecule has 0 spiro atoms. The minimum Gasteiger partial charge on any atom is -0.508 e. The summed E-state index contributed by atoms with van der Waals surface area (Å²) in [6.45, 7) is 3.52. The molecule has 1 aromatic rings. The third-order valence-electron chi connectivity index (χ3n) is 4.78. The molecule has 1 rings (SSSR count). The second kappa shape index (κ2) is 14.4. The fourth-order valence-electron chi connectivity index (χ4n) is 3.07. The van der Waals surface area contributed by atoms with E-state index in [4.69, 9.17) is 5.73 Å². The van der Waals surface area contributed by atoms with E-state index in [1.165, 1.54) is 23.9 Å². The molecule has 0 aliphatic heterocycles. The van der Waals surface area contributed by atoms with Crippen molar-refractivity contribution < 1.29 is 29.4 Å². The van der Waals surface area contributed by atoms with Gasteiger partial charge in [0.15, 0.2) is 0 Å². The van der Waals surface area contributed by atoms with Crippen LogP contribution in [0.25, 0.3) is 0 Å². The fraction of sp³-hybridized carbons (Fsp3) is 0.545. The van der Waals surface area contributed by atoms with Gasteiger partial charge in [0.25, 0.3) is 0 Å². The zero-order valence-corrected chi connectivity index (χ0v) is 20.0. The van der Waals surface area contributed by atoms with E-state index in [-0.39, 0.29) is 31.1 Å². The summed E-state index contributed by atoms with van der Waals surface area (Å²) in [6, 6.07) is 2.94. The SMILES string of the molecule is CSCCC(NC(=O)C(CC(C)C)NC(=O)CN)C(=O)NC(Cc1ccc(O)cc1)C(=O)O. The number of amides is 3. The molecule has 0 fully saturated rings. The highest BCUT2D eigenvalue weighted by Crippen LogP contribution is 2.12. The lowest BCUT2D eigenvalue weighted by Crippen LogP contribution is -2.56. The molecule has 0 aromatic heterocycles. The van der Waals surface area contributed by atoms with Crippen molar-refractivity contribution in [1.82, 2.24) is 16.0 Å². The molecule has 0 aliphatic carbocycles. The van der Waals surface area contributed by atoms with Crippen LogP contribution < -0.4 is 21.7 Å². The maximum atomic E-state index is 12.9. The van der Waals surface area contributed by atoms with Crippen molar-refractivity contribution in [2.75, 3.05) is 18.6 Å². The molecule has 3 amide bonds. The Labute approximate surface area is 198 Å². The summed E-state index contributed by atoms with van der Waals surface area (Å²) < 4.78 is 0. The number of hydrogen-bond acceptors (Lipinski definition) is 7. The van der Waals surface area contributed by atoms with E-state index in [9.17, 15) is 29.4 Å². The van der Waals surface area contributed by atoms with Crippen LogP contribution in [0.15, 0.2) is 24.3 Å². The van der Waals surface area contributed by atoms with Gasteiger partial charge in [-0.2, -0.15) is 11.8 Å². The number of hydrogen-bond donors (Lipinski definition) is 6. The van der Waals surface area contributed by atoms with E-state index in [1.54, 1.807) is 12.1 Å². The van der Waals surface area contributed by atoms with Crippen molar-refractivity contribution in [3.8, 4) is 5.75 Å². The number of carbonyl (C=O) groups is 4. The topological polar surface area (TPSA) is 171 Å². The molecule has 33 heavy (non-hydrogen) atoms. The van der Waals surface area contributed by atoms with Gasteiger partial charge in [-0.05, 0) is 48.5 Å². The van der Waals surface area contributed by atoms with Gasteiger partial charge in [0.2, 0.25) is 17.7 Å². The van der Waals surface area contributed by atoms with Gasteiger partial charge in [-0.1, -0.05) is 26.0 Å². The number of nitrogens with one attached hydrogen (secondary N) is 3. The lowest BCUT2D eigenvalue weighted by atomic mass is 10.0. The first kappa shape index (κ1) is 28.2. The number of aromatic hydroxyl groups is 1.